The lowest BCUT2D eigenvalue weighted by atomic mass is 10.3. The van der Waals surface area contributed by atoms with Crippen molar-refractivity contribution in [2.24, 2.45) is 11.1 Å². The molecule has 0 fully saturated rings. The van der Waals surface area contributed by atoms with Gasteiger partial charge in [-0.15, -0.1) is 4.91 Å². The first-order valence-corrected chi connectivity index (χ1v) is 2.16. The number of aliphatic hydroxyl groups excluding tert-OH is 1. The molecular formula is C3H8N2O5. The highest BCUT2D eigenvalue weighted by Gasteiger charge is 2.06. The van der Waals surface area contributed by atoms with Crippen molar-refractivity contribution < 1.29 is 20.2 Å². The third-order valence-corrected chi connectivity index (χ3v) is 0.514. The van der Waals surface area contributed by atoms with E-state index in [1.54, 1.807) is 0 Å². The van der Waals surface area contributed by atoms with E-state index < -0.39 is 18.6 Å². The van der Waals surface area contributed by atoms with Crippen molar-refractivity contribution in [2.75, 3.05) is 6.61 Å². The number of aliphatic hydroxyl groups is 1. The maximum atomic E-state index is 9.65. The number of carboxylic acid groups (broad SMARTS) is 1. The molecule has 0 aromatic heterocycles. The zero-order valence-electron chi connectivity index (χ0n) is 4.97. The fourth-order valence-corrected chi connectivity index (χ4v) is 0.0781. The molecule has 1 unspecified atom stereocenters. The van der Waals surface area contributed by atoms with Crippen LogP contribution in [0.4, 0.5) is 0 Å². The van der Waals surface area contributed by atoms with Crippen LogP contribution < -0.4 is 5.73 Å². The molecule has 0 aliphatic heterocycles. The number of hydrogen-bond acceptors (Lipinski definition) is 5. The lowest BCUT2D eigenvalue weighted by molar-refractivity contribution is -0.139. The van der Waals surface area contributed by atoms with E-state index in [1.165, 1.54) is 5.34 Å². The molecule has 7 nitrogen and oxygen atoms in total. The first kappa shape index (κ1) is 11.6. The van der Waals surface area contributed by atoms with Crippen molar-refractivity contribution in [1.82, 2.24) is 0 Å². The number of carbonyl (C=O) groups is 1. The van der Waals surface area contributed by atoms with E-state index in [2.05, 4.69) is 0 Å². The smallest absolute Gasteiger partial charge is 0.322 e. The van der Waals surface area contributed by atoms with Gasteiger partial charge in [-0.3, -0.25) is 4.79 Å². The summed E-state index contributed by atoms with van der Waals surface area (Å²) in [4.78, 5) is 17.8. The zero-order chi connectivity index (χ0) is 8.57. The van der Waals surface area contributed by atoms with Crippen LogP contribution >= 0.6 is 0 Å². The molecule has 60 valence electrons. The first-order valence-electron chi connectivity index (χ1n) is 2.16. The standard InChI is InChI=1S/C3H7NO3.HNO2/c4-2(1-5)3(6)7;2-1-3/h2,5H,1,4H2,(H,6,7);(H,2,3). The molecule has 0 aromatic carbocycles. The van der Waals surface area contributed by atoms with Gasteiger partial charge in [0.25, 0.3) is 0 Å². The molecule has 0 aliphatic carbocycles. The Hall–Kier alpha value is -1.21. The van der Waals surface area contributed by atoms with Crippen LogP contribution in [0.25, 0.3) is 0 Å². The van der Waals surface area contributed by atoms with Gasteiger partial charge in [-0.05, 0) is 0 Å². The van der Waals surface area contributed by atoms with Gasteiger partial charge in [0.1, 0.15) is 6.04 Å². The number of rotatable bonds is 2. The average molecular weight is 152 g/mol. The van der Waals surface area contributed by atoms with E-state index in [1.807, 2.05) is 0 Å². The highest BCUT2D eigenvalue weighted by atomic mass is 16.6. The van der Waals surface area contributed by atoms with Crippen molar-refractivity contribution in [3.8, 4) is 0 Å². The second kappa shape index (κ2) is 7.79. The summed E-state index contributed by atoms with van der Waals surface area (Å²) in [7, 11) is 0. The molecule has 0 aliphatic rings. The minimum atomic E-state index is -1.18. The fourth-order valence-electron chi connectivity index (χ4n) is 0.0781. The topological polar surface area (TPSA) is 133 Å². The van der Waals surface area contributed by atoms with Gasteiger partial charge in [-0.25, -0.2) is 0 Å². The molecule has 0 heterocycles. The van der Waals surface area contributed by atoms with Gasteiger partial charge in [-0.1, -0.05) is 0 Å². The van der Waals surface area contributed by atoms with E-state index >= 15 is 0 Å². The third-order valence-electron chi connectivity index (χ3n) is 0.514. The van der Waals surface area contributed by atoms with Crippen LogP contribution in [-0.2, 0) is 4.79 Å². The molecule has 0 saturated carbocycles. The average Bonchev–Trinajstić information content (AvgIpc) is 1.88. The number of carboxylic acids is 1. The number of nitrogens with two attached hydrogens (primary N) is 1. The number of aliphatic carboxylic acids is 1. The second-order valence-corrected chi connectivity index (χ2v) is 1.21. The SMILES string of the molecule is NC(CO)C(=O)O.O=NO. The fraction of sp³-hybridized carbons (Fsp3) is 0.667. The Labute approximate surface area is 56.0 Å². The van der Waals surface area contributed by atoms with Crippen molar-refractivity contribution in [3.05, 3.63) is 4.91 Å². The molecule has 0 radical (unpaired) electrons. The molecule has 7 heteroatoms. The molecule has 0 rings (SSSR count). The van der Waals surface area contributed by atoms with Crippen LogP contribution in [0.1, 0.15) is 0 Å². The predicted molar refractivity (Wildman–Crippen MR) is 30.3 cm³/mol. The molecule has 0 saturated heterocycles. The highest BCUT2D eigenvalue weighted by Crippen LogP contribution is 1.71. The Bertz CT molecular complexity index is 105. The van der Waals surface area contributed by atoms with Crippen LogP contribution in [0.15, 0.2) is 5.34 Å². The molecule has 0 bridgehead atoms. The largest absolute Gasteiger partial charge is 0.480 e. The van der Waals surface area contributed by atoms with Gasteiger partial charge in [-0.2, -0.15) is 0 Å². The van der Waals surface area contributed by atoms with Crippen LogP contribution in [0, 0.1) is 4.91 Å². The summed E-state index contributed by atoms with van der Waals surface area (Å²) in [6.07, 6.45) is 0. The van der Waals surface area contributed by atoms with Crippen LogP contribution in [0.2, 0.25) is 0 Å². The number of nitrogens with zero attached hydrogens (tertiary/aromatic N) is 1. The quantitative estimate of drug-likeness (QED) is 0.282. The van der Waals surface area contributed by atoms with Crippen LogP contribution in [0.3, 0.4) is 0 Å². The Kier molecular flexibility index (Phi) is 9.01. The monoisotopic (exact) mass is 152 g/mol. The summed E-state index contributed by atoms with van der Waals surface area (Å²) in [5.41, 5.74) is 4.77. The Morgan fingerprint density at radius 1 is 1.70 bits per heavy atom. The van der Waals surface area contributed by atoms with Gasteiger partial charge in [0.2, 0.25) is 0 Å². The normalized spacial score (nSPS) is 10.6. The molecule has 10 heavy (non-hydrogen) atoms. The second-order valence-electron chi connectivity index (χ2n) is 1.21. The first-order chi connectivity index (χ1) is 4.59. The van der Waals surface area contributed by atoms with Crippen molar-refractivity contribution in [1.29, 1.82) is 0 Å². The third kappa shape index (κ3) is 9.92. The summed E-state index contributed by atoms with van der Waals surface area (Å²) in [6.45, 7) is -0.505. The van der Waals surface area contributed by atoms with Gasteiger partial charge < -0.3 is 21.2 Å². The van der Waals surface area contributed by atoms with E-state index in [4.69, 9.17) is 26.1 Å². The lowest BCUT2D eigenvalue weighted by Crippen LogP contribution is -2.33. The number of hydrogen-bond donors (Lipinski definition) is 4. The molecular weight excluding hydrogens is 144 g/mol. The predicted octanol–water partition coefficient (Wildman–Crippen LogP) is -1.47. The Morgan fingerprint density at radius 3 is 2.00 bits per heavy atom. The highest BCUT2D eigenvalue weighted by molar-refractivity contribution is 5.73. The van der Waals surface area contributed by atoms with E-state index in [9.17, 15) is 4.79 Å². The molecule has 5 N–H and O–H groups in total. The van der Waals surface area contributed by atoms with Crippen LogP contribution in [0.5, 0.6) is 0 Å². The summed E-state index contributed by atoms with van der Waals surface area (Å²) in [5, 5.41) is 23.8. The van der Waals surface area contributed by atoms with Crippen molar-refractivity contribution in [3.63, 3.8) is 0 Å². The summed E-state index contributed by atoms with van der Waals surface area (Å²) < 4.78 is 0. The van der Waals surface area contributed by atoms with E-state index in [-0.39, 0.29) is 0 Å². The minimum Gasteiger partial charge on any atom is -0.480 e. The lowest BCUT2D eigenvalue weighted by Gasteiger charge is -1.96. The van der Waals surface area contributed by atoms with Gasteiger partial charge >= 0.3 is 5.97 Å². The summed E-state index contributed by atoms with van der Waals surface area (Å²) >= 11 is 0. The maximum Gasteiger partial charge on any atom is 0.322 e. The minimum absolute atomic E-state index is 0.505. The summed E-state index contributed by atoms with van der Waals surface area (Å²) in [6, 6.07) is -1.13. The van der Waals surface area contributed by atoms with Crippen LogP contribution in [-0.4, -0.2) is 34.0 Å². The molecule has 1 atom stereocenters. The van der Waals surface area contributed by atoms with Gasteiger partial charge in [0.15, 0.2) is 5.34 Å². The molecule has 0 spiro atoms. The Balaban J connectivity index is 0. The van der Waals surface area contributed by atoms with Crippen molar-refractivity contribution in [2.45, 2.75) is 6.04 Å². The van der Waals surface area contributed by atoms with E-state index in [0.29, 0.717) is 0 Å². The van der Waals surface area contributed by atoms with Crippen molar-refractivity contribution >= 4 is 5.97 Å². The van der Waals surface area contributed by atoms with Gasteiger partial charge in [0.05, 0.1) is 6.61 Å². The maximum absolute atomic E-state index is 9.65. The van der Waals surface area contributed by atoms with E-state index in [0.717, 1.165) is 0 Å². The Morgan fingerprint density at radius 2 is 2.00 bits per heavy atom. The molecule has 0 amide bonds. The van der Waals surface area contributed by atoms with Gasteiger partial charge in [0, 0.05) is 0 Å². The summed E-state index contributed by atoms with van der Waals surface area (Å²) in [5.74, 6) is -1.18. The molecule has 0 aromatic rings. The zero-order valence-corrected chi connectivity index (χ0v) is 4.97.